The highest BCUT2D eigenvalue weighted by atomic mass is 16.5. The van der Waals surface area contributed by atoms with Crippen LogP contribution in [0.4, 0.5) is 0 Å². The van der Waals surface area contributed by atoms with Gasteiger partial charge in [-0.25, -0.2) is 15.8 Å². The third kappa shape index (κ3) is 3.42. The summed E-state index contributed by atoms with van der Waals surface area (Å²) < 4.78 is 19.2. The minimum Gasteiger partial charge on any atom is -0.496 e. The predicted octanol–water partition coefficient (Wildman–Crippen LogP) is 2.55. The van der Waals surface area contributed by atoms with Crippen LogP contribution in [-0.2, 0) is 0 Å². The zero-order valence-electron chi connectivity index (χ0n) is 17.8. The molecule has 0 aliphatic carbocycles. The molecule has 1 atom stereocenters. The van der Waals surface area contributed by atoms with Gasteiger partial charge in [-0.1, -0.05) is 12.1 Å². The Labute approximate surface area is 185 Å². The molecule has 1 aromatic heterocycles. The van der Waals surface area contributed by atoms with Crippen LogP contribution in [0.25, 0.3) is 11.4 Å². The van der Waals surface area contributed by atoms with Crippen molar-refractivity contribution in [2.24, 2.45) is 10.8 Å². The highest BCUT2D eigenvalue weighted by Gasteiger charge is 2.32. The first kappa shape index (κ1) is 20.0. The quantitative estimate of drug-likeness (QED) is 0.430. The third-order valence-corrected chi connectivity index (χ3v) is 5.67. The van der Waals surface area contributed by atoms with Crippen LogP contribution < -0.4 is 30.8 Å². The number of hydrazine groups is 1. The normalized spacial score (nSPS) is 17.2. The van der Waals surface area contributed by atoms with E-state index in [1.54, 1.807) is 26.7 Å². The van der Waals surface area contributed by atoms with E-state index in [0.29, 0.717) is 36.2 Å². The highest BCUT2D eigenvalue weighted by Crippen LogP contribution is 2.45. The molecule has 164 valence electrons. The average Bonchev–Trinajstić information content (AvgIpc) is 3.32. The van der Waals surface area contributed by atoms with Gasteiger partial charge < -0.3 is 24.1 Å². The second-order valence-electron chi connectivity index (χ2n) is 7.41. The molecule has 9 nitrogen and oxygen atoms in total. The van der Waals surface area contributed by atoms with Crippen molar-refractivity contribution >= 4 is 11.7 Å². The van der Waals surface area contributed by atoms with E-state index in [4.69, 9.17) is 25.0 Å². The van der Waals surface area contributed by atoms with Crippen LogP contribution in [0.15, 0.2) is 65.7 Å². The molecular formula is C23H24N6O3. The van der Waals surface area contributed by atoms with E-state index in [0.717, 1.165) is 28.1 Å². The molecule has 2 aromatic carbocycles. The molecular weight excluding hydrogens is 408 g/mol. The zero-order chi connectivity index (χ0) is 22.1. The molecule has 1 unspecified atom stereocenters. The number of hydrogen-bond acceptors (Lipinski definition) is 8. The molecule has 0 spiro atoms. The second-order valence-corrected chi connectivity index (χ2v) is 7.41. The summed E-state index contributed by atoms with van der Waals surface area (Å²) in [5.74, 6) is 8.24. The van der Waals surface area contributed by atoms with Gasteiger partial charge in [0.15, 0.2) is 0 Å². The van der Waals surface area contributed by atoms with E-state index >= 15 is 0 Å². The lowest BCUT2D eigenvalue weighted by molar-refractivity contribution is 0.315. The SMILES string of the molecule is COc1cc(OC)c2c(c1)OCCC1=C2NC(NN)=NC1c1ccc(-n2ccnc2)cc1. The molecule has 5 rings (SSSR count). The highest BCUT2D eigenvalue weighted by molar-refractivity contribution is 5.95. The maximum absolute atomic E-state index is 6.09. The van der Waals surface area contributed by atoms with Crippen molar-refractivity contribution in [1.82, 2.24) is 20.3 Å². The molecule has 0 saturated carbocycles. The fourth-order valence-corrected chi connectivity index (χ4v) is 4.12. The van der Waals surface area contributed by atoms with Gasteiger partial charge in [0.05, 0.1) is 38.4 Å². The predicted molar refractivity (Wildman–Crippen MR) is 121 cm³/mol. The molecule has 4 N–H and O–H groups in total. The Morgan fingerprint density at radius 1 is 1.19 bits per heavy atom. The number of hydrogen-bond donors (Lipinski definition) is 3. The van der Waals surface area contributed by atoms with Crippen LogP contribution in [-0.4, -0.2) is 36.3 Å². The molecule has 0 amide bonds. The van der Waals surface area contributed by atoms with Gasteiger partial charge in [0.25, 0.3) is 0 Å². The first-order valence-electron chi connectivity index (χ1n) is 10.2. The van der Waals surface area contributed by atoms with Gasteiger partial charge in [-0.05, 0) is 23.3 Å². The van der Waals surface area contributed by atoms with E-state index in [2.05, 4.69) is 40.0 Å². The van der Waals surface area contributed by atoms with Crippen LogP contribution >= 0.6 is 0 Å². The second kappa shape index (κ2) is 8.27. The Bertz CT molecular complexity index is 1190. The Morgan fingerprint density at radius 3 is 2.72 bits per heavy atom. The summed E-state index contributed by atoms with van der Waals surface area (Å²) in [4.78, 5) is 8.94. The van der Waals surface area contributed by atoms with Gasteiger partial charge in [0.2, 0.25) is 5.96 Å². The number of rotatable bonds is 4. The van der Waals surface area contributed by atoms with Crippen LogP contribution in [0.5, 0.6) is 17.2 Å². The van der Waals surface area contributed by atoms with Gasteiger partial charge in [-0.3, -0.25) is 5.43 Å². The number of nitrogens with two attached hydrogens (primary N) is 1. The van der Waals surface area contributed by atoms with E-state index in [1.807, 2.05) is 22.9 Å². The number of imidazole rings is 1. The van der Waals surface area contributed by atoms with Crippen LogP contribution in [0, 0.1) is 0 Å². The fraction of sp³-hybridized carbons (Fsp3) is 0.217. The van der Waals surface area contributed by atoms with Crippen molar-refractivity contribution in [2.75, 3.05) is 20.8 Å². The Hall–Kier alpha value is -3.98. The van der Waals surface area contributed by atoms with Crippen molar-refractivity contribution in [1.29, 1.82) is 0 Å². The van der Waals surface area contributed by atoms with E-state index in [9.17, 15) is 0 Å². The molecule has 0 bridgehead atoms. The lowest BCUT2D eigenvalue weighted by Gasteiger charge is -2.28. The lowest BCUT2D eigenvalue weighted by Crippen LogP contribution is -2.43. The number of ether oxygens (including phenoxy) is 3. The first-order chi connectivity index (χ1) is 15.7. The number of guanidine groups is 1. The summed E-state index contributed by atoms with van der Waals surface area (Å²) >= 11 is 0. The Morgan fingerprint density at radius 2 is 2.03 bits per heavy atom. The van der Waals surface area contributed by atoms with Gasteiger partial charge >= 0.3 is 0 Å². The van der Waals surface area contributed by atoms with Crippen molar-refractivity contribution < 1.29 is 14.2 Å². The number of nitrogens with one attached hydrogen (secondary N) is 2. The summed E-state index contributed by atoms with van der Waals surface area (Å²) in [5, 5.41) is 3.33. The summed E-state index contributed by atoms with van der Waals surface area (Å²) in [7, 11) is 3.25. The summed E-state index contributed by atoms with van der Waals surface area (Å²) in [6.45, 7) is 0.508. The number of benzene rings is 2. The number of aromatic nitrogens is 2. The van der Waals surface area contributed by atoms with Crippen molar-refractivity contribution in [3.05, 3.63) is 71.8 Å². The maximum atomic E-state index is 6.09. The number of methoxy groups -OCH3 is 2. The molecule has 32 heavy (non-hydrogen) atoms. The molecule has 2 aliphatic rings. The summed E-state index contributed by atoms with van der Waals surface area (Å²) in [6, 6.07) is 11.7. The monoisotopic (exact) mass is 432 g/mol. The van der Waals surface area contributed by atoms with Gasteiger partial charge in [0.1, 0.15) is 23.3 Å². The van der Waals surface area contributed by atoms with E-state index in [-0.39, 0.29) is 6.04 Å². The molecule has 0 radical (unpaired) electrons. The molecule has 0 saturated heterocycles. The first-order valence-corrected chi connectivity index (χ1v) is 10.2. The average molecular weight is 432 g/mol. The fourth-order valence-electron chi connectivity index (χ4n) is 4.12. The number of fused-ring (bicyclic) bond motifs is 2. The maximum Gasteiger partial charge on any atom is 0.211 e. The summed E-state index contributed by atoms with van der Waals surface area (Å²) in [5.41, 5.74) is 7.54. The topological polar surface area (TPSA) is 108 Å². The number of aliphatic imine (C=N–C) groups is 1. The van der Waals surface area contributed by atoms with Crippen LogP contribution in [0.2, 0.25) is 0 Å². The van der Waals surface area contributed by atoms with Gasteiger partial charge in [0, 0.05) is 36.6 Å². The molecule has 3 aromatic rings. The van der Waals surface area contributed by atoms with Crippen LogP contribution in [0.1, 0.15) is 23.6 Å². The Balaban J connectivity index is 1.62. The van der Waals surface area contributed by atoms with E-state index < -0.39 is 0 Å². The minimum absolute atomic E-state index is 0.226. The standard InChI is InChI=1S/C23H24N6O3/c1-30-16-11-18(31-2)20-19(12-16)32-10-7-17-21(26-23(28-24)27-22(17)20)14-3-5-15(6-4-14)29-9-8-25-13-29/h3-6,8-9,11-13,21H,7,10,24H2,1-2H3,(H2,26,27,28). The molecule has 0 fully saturated rings. The largest absolute Gasteiger partial charge is 0.496 e. The van der Waals surface area contributed by atoms with Crippen molar-refractivity contribution in [2.45, 2.75) is 12.5 Å². The third-order valence-electron chi connectivity index (χ3n) is 5.67. The van der Waals surface area contributed by atoms with Gasteiger partial charge in [-0.2, -0.15) is 0 Å². The Kier molecular flexibility index (Phi) is 5.16. The van der Waals surface area contributed by atoms with Gasteiger partial charge in [-0.15, -0.1) is 0 Å². The van der Waals surface area contributed by atoms with E-state index in [1.165, 1.54) is 0 Å². The van der Waals surface area contributed by atoms with Crippen LogP contribution in [0.3, 0.4) is 0 Å². The molecule has 3 heterocycles. The van der Waals surface area contributed by atoms with Crippen molar-refractivity contribution in [3.8, 4) is 22.9 Å². The van der Waals surface area contributed by atoms with Crippen molar-refractivity contribution in [3.63, 3.8) is 0 Å². The minimum atomic E-state index is -0.226. The zero-order valence-corrected chi connectivity index (χ0v) is 17.8. The molecule has 2 aliphatic heterocycles. The smallest absolute Gasteiger partial charge is 0.211 e. The lowest BCUT2D eigenvalue weighted by atomic mass is 9.91. The number of nitrogens with zero attached hydrogens (tertiary/aromatic N) is 3. The molecule has 9 heteroatoms. The summed E-state index contributed by atoms with van der Waals surface area (Å²) in [6.07, 6.45) is 6.13.